The molecular formula is C17H16BrN5O. The molecule has 1 aromatic heterocycles. The van der Waals surface area contributed by atoms with Crippen LogP contribution in [0.4, 0.5) is 0 Å². The van der Waals surface area contributed by atoms with Gasteiger partial charge >= 0.3 is 0 Å². The number of likely N-dealkylation sites (N-methyl/N-ethyl adjacent to an activating group) is 1. The molecule has 122 valence electrons. The molecule has 3 aromatic rings. The molecular weight excluding hydrogens is 370 g/mol. The molecule has 7 heteroatoms. The molecule has 0 radical (unpaired) electrons. The fourth-order valence-corrected chi connectivity index (χ4v) is 2.47. The van der Waals surface area contributed by atoms with Crippen molar-refractivity contribution >= 4 is 21.8 Å². The van der Waals surface area contributed by atoms with Crippen LogP contribution >= 0.6 is 15.9 Å². The van der Waals surface area contributed by atoms with E-state index >= 15 is 0 Å². The molecule has 3 rings (SSSR count). The largest absolute Gasteiger partial charge is 0.340 e. The zero-order valence-corrected chi connectivity index (χ0v) is 14.7. The summed E-state index contributed by atoms with van der Waals surface area (Å²) in [4.78, 5) is 15.3. The van der Waals surface area contributed by atoms with Crippen molar-refractivity contribution in [3.05, 3.63) is 64.6 Å². The monoisotopic (exact) mass is 385 g/mol. The van der Waals surface area contributed by atoms with E-state index < -0.39 is 0 Å². The Balaban J connectivity index is 1.62. The topological polar surface area (TPSA) is 63.9 Å². The van der Waals surface area contributed by atoms with E-state index in [2.05, 4.69) is 31.3 Å². The highest BCUT2D eigenvalue weighted by Crippen LogP contribution is 2.13. The average molecular weight is 386 g/mol. The lowest BCUT2D eigenvalue weighted by molar-refractivity contribution is -0.131. The van der Waals surface area contributed by atoms with E-state index in [-0.39, 0.29) is 12.5 Å². The van der Waals surface area contributed by atoms with Crippen LogP contribution in [-0.2, 0) is 17.9 Å². The fraction of sp³-hybridized carbons (Fsp3) is 0.176. The number of halogens is 1. The van der Waals surface area contributed by atoms with Gasteiger partial charge in [0.1, 0.15) is 6.54 Å². The summed E-state index contributed by atoms with van der Waals surface area (Å²) < 4.78 is 1.01. The lowest BCUT2D eigenvalue weighted by Gasteiger charge is -2.16. The number of hydrogen-bond donors (Lipinski definition) is 0. The van der Waals surface area contributed by atoms with E-state index in [1.54, 1.807) is 11.9 Å². The van der Waals surface area contributed by atoms with Gasteiger partial charge in [-0.1, -0.05) is 58.4 Å². The van der Waals surface area contributed by atoms with E-state index in [0.717, 1.165) is 15.6 Å². The zero-order valence-electron chi connectivity index (χ0n) is 13.1. The second-order valence-electron chi connectivity index (χ2n) is 5.39. The van der Waals surface area contributed by atoms with Crippen LogP contribution in [0.5, 0.6) is 0 Å². The van der Waals surface area contributed by atoms with Crippen molar-refractivity contribution < 1.29 is 4.79 Å². The van der Waals surface area contributed by atoms with E-state index in [1.165, 1.54) is 4.80 Å². The fourth-order valence-electron chi connectivity index (χ4n) is 2.21. The molecule has 0 unspecified atom stereocenters. The highest BCUT2D eigenvalue weighted by atomic mass is 79.9. The molecule has 2 aromatic carbocycles. The van der Waals surface area contributed by atoms with Gasteiger partial charge in [-0.2, -0.15) is 4.80 Å². The Bertz CT molecular complexity index is 817. The maximum atomic E-state index is 12.3. The van der Waals surface area contributed by atoms with Crippen molar-refractivity contribution in [2.24, 2.45) is 0 Å². The van der Waals surface area contributed by atoms with Crippen LogP contribution < -0.4 is 0 Å². The van der Waals surface area contributed by atoms with Crippen molar-refractivity contribution in [2.75, 3.05) is 7.05 Å². The minimum atomic E-state index is -0.0741. The maximum Gasteiger partial charge on any atom is 0.246 e. The molecule has 0 aliphatic rings. The quantitative estimate of drug-likeness (QED) is 0.677. The van der Waals surface area contributed by atoms with E-state index in [4.69, 9.17) is 0 Å². The van der Waals surface area contributed by atoms with Gasteiger partial charge in [-0.05, 0) is 22.9 Å². The van der Waals surface area contributed by atoms with Crippen LogP contribution in [0.2, 0.25) is 0 Å². The number of amides is 1. The van der Waals surface area contributed by atoms with Crippen LogP contribution in [0.3, 0.4) is 0 Å². The molecule has 0 saturated heterocycles. The first kappa shape index (κ1) is 16.3. The summed E-state index contributed by atoms with van der Waals surface area (Å²) in [6.45, 7) is 0.596. The Hall–Kier alpha value is -2.54. The van der Waals surface area contributed by atoms with E-state index in [9.17, 15) is 4.79 Å². The van der Waals surface area contributed by atoms with Crippen LogP contribution in [-0.4, -0.2) is 38.1 Å². The van der Waals surface area contributed by atoms with Crippen molar-refractivity contribution in [1.29, 1.82) is 0 Å². The number of rotatable bonds is 5. The predicted molar refractivity (Wildman–Crippen MR) is 93.9 cm³/mol. The number of nitrogens with zero attached hydrogens (tertiary/aromatic N) is 5. The van der Waals surface area contributed by atoms with Gasteiger partial charge in [0.15, 0.2) is 0 Å². The summed E-state index contributed by atoms with van der Waals surface area (Å²) in [5, 5.41) is 12.2. The highest BCUT2D eigenvalue weighted by Gasteiger charge is 2.13. The Morgan fingerprint density at radius 1 is 1.12 bits per heavy atom. The lowest BCUT2D eigenvalue weighted by Crippen LogP contribution is -2.30. The smallest absolute Gasteiger partial charge is 0.246 e. The Morgan fingerprint density at radius 2 is 1.83 bits per heavy atom. The molecule has 6 nitrogen and oxygen atoms in total. The average Bonchev–Trinajstić information content (AvgIpc) is 3.06. The second-order valence-corrected chi connectivity index (χ2v) is 6.30. The number of aromatic nitrogens is 4. The summed E-state index contributed by atoms with van der Waals surface area (Å²) in [5.74, 6) is 0.439. The SMILES string of the molecule is CN(Cc1ccc(Br)cc1)C(=O)Cn1nnc(-c2ccccc2)n1. The molecule has 0 N–H and O–H groups in total. The Kier molecular flexibility index (Phi) is 5.00. The first-order valence-corrected chi connectivity index (χ1v) is 8.23. The van der Waals surface area contributed by atoms with Gasteiger partial charge in [-0.25, -0.2) is 0 Å². The molecule has 0 spiro atoms. The summed E-state index contributed by atoms with van der Waals surface area (Å²) in [5.41, 5.74) is 1.94. The second kappa shape index (κ2) is 7.35. The molecule has 0 atom stereocenters. The van der Waals surface area contributed by atoms with Crippen molar-refractivity contribution in [1.82, 2.24) is 25.1 Å². The van der Waals surface area contributed by atoms with E-state index in [1.807, 2.05) is 54.6 Å². The van der Waals surface area contributed by atoms with Crippen molar-refractivity contribution in [3.63, 3.8) is 0 Å². The minimum absolute atomic E-state index is 0.0624. The number of carbonyl (C=O) groups excluding carboxylic acids is 1. The predicted octanol–water partition coefficient (Wildman–Crippen LogP) is 2.76. The van der Waals surface area contributed by atoms with Gasteiger partial charge in [-0.3, -0.25) is 4.79 Å². The van der Waals surface area contributed by atoms with Crippen LogP contribution in [0.15, 0.2) is 59.1 Å². The van der Waals surface area contributed by atoms with Gasteiger partial charge < -0.3 is 4.90 Å². The molecule has 0 aliphatic carbocycles. The first-order valence-electron chi connectivity index (χ1n) is 7.43. The highest BCUT2D eigenvalue weighted by molar-refractivity contribution is 9.10. The number of tetrazole rings is 1. The number of carbonyl (C=O) groups is 1. The molecule has 0 fully saturated rings. The summed E-state index contributed by atoms with van der Waals surface area (Å²) in [6.07, 6.45) is 0. The van der Waals surface area contributed by atoms with Crippen LogP contribution in [0.25, 0.3) is 11.4 Å². The number of benzene rings is 2. The summed E-state index contributed by atoms with van der Waals surface area (Å²) in [6, 6.07) is 17.4. The zero-order chi connectivity index (χ0) is 16.9. The normalized spacial score (nSPS) is 10.6. The molecule has 0 bridgehead atoms. The summed E-state index contributed by atoms with van der Waals surface area (Å²) in [7, 11) is 1.76. The number of hydrogen-bond acceptors (Lipinski definition) is 4. The third kappa shape index (κ3) is 4.05. The Morgan fingerprint density at radius 3 is 2.54 bits per heavy atom. The standard InChI is InChI=1S/C17H16BrN5O/c1-22(11-13-7-9-15(18)10-8-13)16(24)12-23-20-17(19-21-23)14-5-3-2-4-6-14/h2-10H,11-12H2,1H3. The van der Waals surface area contributed by atoms with E-state index in [0.29, 0.717) is 12.4 Å². The third-order valence-corrected chi connectivity index (χ3v) is 4.05. The van der Waals surface area contributed by atoms with Crippen molar-refractivity contribution in [3.8, 4) is 11.4 Å². The molecule has 1 heterocycles. The third-order valence-electron chi connectivity index (χ3n) is 3.52. The van der Waals surface area contributed by atoms with Crippen LogP contribution in [0, 0.1) is 0 Å². The molecule has 0 saturated carbocycles. The van der Waals surface area contributed by atoms with Gasteiger partial charge in [0.2, 0.25) is 11.7 Å². The van der Waals surface area contributed by atoms with Gasteiger partial charge in [0, 0.05) is 23.6 Å². The van der Waals surface area contributed by atoms with Crippen LogP contribution in [0.1, 0.15) is 5.56 Å². The maximum absolute atomic E-state index is 12.3. The summed E-state index contributed by atoms with van der Waals surface area (Å²) >= 11 is 3.40. The van der Waals surface area contributed by atoms with Gasteiger partial charge in [-0.15, -0.1) is 10.2 Å². The minimum Gasteiger partial charge on any atom is -0.340 e. The van der Waals surface area contributed by atoms with Gasteiger partial charge in [0.05, 0.1) is 0 Å². The molecule has 24 heavy (non-hydrogen) atoms. The molecule has 1 amide bonds. The Labute approximate surface area is 148 Å². The molecule has 0 aliphatic heterocycles. The van der Waals surface area contributed by atoms with Gasteiger partial charge in [0.25, 0.3) is 0 Å². The first-order chi connectivity index (χ1) is 11.6. The van der Waals surface area contributed by atoms with Crippen molar-refractivity contribution in [2.45, 2.75) is 13.1 Å². The lowest BCUT2D eigenvalue weighted by atomic mass is 10.2.